The first-order valence-corrected chi connectivity index (χ1v) is 9.72. The summed E-state index contributed by atoms with van der Waals surface area (Å²) in [6.07, 6.45) is 1.77. The predicted octanol–water partition coefficient (Wildman–Crippen LogP) is 3.59. The number of nitrogens with one attached hydrogen (secondary N) is 1. The highest BCUT2D eigenvalue weighted by Gasteiger charge is 2.35. The molecular weight excluding hydrogens is 350 g/mol. The zero-order chi connectivity index (χ0) is 19.6. The predicted molar refractivity (Wildman–Crippen MR) is 109 cm³/mol. The van der Waals surface area contributed by atoms with Gasteiger partial charge in [-0.1, -0.05) is 60.7 Å². The quantitative estimate of drug-likeness (QED) is 0.732. The van der Waals surface area contributed by atoms with Crippen molar-refractivity contribution in [3.63, 3.8) is 0 Å². The SMILES string of the molecule is Cc1[nH]nc(-c2ccccc2)c1C(=O)N1CCC(O)(Cc2ccccc2)CC1. The van der Waals surface area contributed by atoms with Gasteiger partial charge in [0.2, 0.25) is 0 Å². The van der Waals surface area contributed by atoms with Crippen LogP contribution in [0.3, 0.4) is 0 Å². The highest BCUT2D eigenvalue weighted by Crippen LogP contribution is 2.30. The number of likely N-dealkylation sites (tertiary alicyclic amines) is 1. The molecule has 0 radical (unpaired) electrons. The molecule has 0 aliphatic carbocycles. The van der Waals surface area contributed by atoms with Crippen molar-refractivity contribution < 1.29 is 9.90 Å². The summed E-state index contributed by atoms with van der Waals surface area (Å²) in [6, 6.07) is 19.8. The van der Waals surface area contributed by atoms with Gasteiger partial charge in [-0.05, 0) is 25.3 Å². The standard InChI is InChI=1S/C23H25N3O2/c1-17-20(21(25-24-17)19-10-6-3-7-11-19)22(27)26-14-12-23(28,13-15-26)16-18-8-4-2-5-9-18/h2-11,28H,12-16H2,1H3,(H,24,25). The third-order valence-electron chi connectivity index (χ3n) is 5.57. The fourth-order valence-electron chi connectivity index (χ4n) is 3.93. The van der Waals surface area contributed by atoms with E-state index < -0.39 is 5.60 Å². The Balaban J connectivity index is 1.49. The minimum atomic E-state index is -0.758. The van der Waals surface area contributed by atoms with Gasteiger partial charge < -0.3 is 10.0 Å². The molecule has 3 aromatic rings. The van der Waals surface area contributed by atoms with Crippen LogP contribution in [-0.2, 0) is 6.42 Å². The van der Waals surface area contributed by atoms with Gasteiger partial charge in [-0.15, -0.1) is 0 Å². The van der Waals surface area contributed by atoms with Gasteiger partial charge in [0, 0.05) is 30.8 Å². The Morgan fingerprint density at radius 3 is 2.32 bits per heavy atom. The Kier molecular flexibility index (Phi) is 5.01. The molecule has 0 spiro atoms. The van der Waals surface area contributed by atoms with E-state index in [0.717, 1.165) is 16.8 Å². The van der Waals surface area contributed by atoms with Gasteiger partial charge in [0.25, 0.3) is 5.91 Å². The van der Waals surface area contributed by atoms with Gasteiger partial charge >= 0.3 is 0 Å². The number of hydrogen-bond acceptors (Lipinski definition) is 3. The molecule has 2 heterocycles. The average Bonchev–Trinajstić information content (AvgIpc) is 3.11. The number of aryl methyl sites for hydroxylation is 1. The van der Waals surface area contributed by atoms with Crippen LogP contribution in [0.5, 0.6) is 0 Å². The third-order valence-corrected chi connectivity index (χ3v) is 5.57. The highest BCUT2D eigenvalue weighted by molar-refractivity contribution is 6.01. The molecule has 1 aliphatic rings. The number of aromatic nitrogens is 2. The van der Waals surface area contributed by atoms with Crippen LogP contribution in [0.2, 0.25) is 0 Å². The Morgan fingerprint density at radius 2 is 1.68 bits per heavy atom. The molecule has 1 fully saturated rings. The summed E-state index contributed by atoms with van der Waals surface area (Å²) >= 11 is 0. The maximum absolute atomic E-state index is 13.2. The summed E-state index contributed by atoms with van der Waals surface area (Å²) in [5.74, 6) is -0.0214. The van der Waals surface area contributed by atoms with Crippen molar-refractivity contribution in [1.82, 2.24) is 15.1 Å². The van der Waals surface area contributed by atoms with E-state index in [1.54, 1.807) is 0 Å². The number of H-pyrrole nitrogens is 1. The first-order valence-electron chi connectivity index (χ1n) is 9.72. The average molecular weight is 375 g/mol. The molecule has 5 heteroatoms. The van der Waals surface area contributed by atoms with E-state index in [-0.39, 0.29) is 5.91 Å². The number of piperidine rings is 1. The molecule has 0 saturated carbocycles. The third kappa shape index (κ3) is 3.71. The Hall–Kier alpha value is -2.92. The summed E-state index contributed by atoms with van der Waals surface area (Å²) in [5, 5.41) is 18.3. The molecule has 28 heavy (non-hydrogen) atoms. The molecule has 144 valence electrons. The van der Waals surface area contributed by atoms with Gasteiger partial charge in [0.05, 0.1) is 11.2 Å². The van der Waals surface area contributed by atoms with Crippen LogP contribution in [0, 0.1) is 6.92 Å². The Labute approximate surface area is 165 Å². The molecule has 2 aromatic carbocycles. The van der Waals surface area contributed by atoms with Gasteiger partial charge in [-0.25, -0.2) is 0 Å². The normalized spacial score (nSPS) is 16.1. The summed E-state index contributed by atoms with van der Waals surface area (Å²) in [7, 11) is 0. The van der Waals surface area contributed by atoms with Crippen LogP contribution in [0.15, 0.2) is 60.7 Å². The lowest BCUT2D eigenvalue weighted by atomic mass is 9.85. The molecule has 1 aliphatic heterocycles. The molecule has 4 rings (SSSR count). The van der Waals surface area contributed by atoms with E-state index in [1.807, 2.05) is 72.5 Å². The van der Waals surface area contributed by atoms with Crippen LogP contribution >= 0.6 is 0 Å². The van der Waals surface area contributed by atoms with Crippen molar-refractivity contribution in [2.45, 2.75) is 31.8 Å². The van der Waals surface area contributed by atoms with Gasteiger partial charge in [-0.3, -0.25) is 9.89 Å². The van der Waals surface area contributed by atoms with Crippen LogP contribution in [-0.4, -0.2) is 44.8 Å². The fraction of sp³-hybridized carbons (Fsp3) is 0.304. The number of carbonyl (C=O) groups excluding carboxylic acids is 1. The largest absolute Gasteiger partial charge is 0.389 e. The van der Waals surface area contributed by atoms with E-state index in [1.165, 1.54) is 0 Å². The van der Waals surface area contributed by atoms with Crippen LogP contribution < -0.4 is 0 Å². The zero-order valence-corrected chi connectivity index (χ0v) is 16.1. The molecule has 0 unspecified atom stereocenters. The van der Waals surface area contributed by atoms with Crippen LogP contribution in [0.25, 0.3) is 11.3 Å². The lowest BCUT2D eigenvalue weighted by Crippen LogP contribution is -2.47. The van der Waals surface area contributed by atoms with Crippen LogP contribution in [0.4, 0.5) is 0 Å². The second-order valence-electron chi connectivity index (χ2n) is 7.62. The monoisotopic (exact) mass is 375 g/mol. The number of benzene rings is 2. The zero-order valence-electron chi connectivity index (χ0n) is 16.1. The van der Waals surface area contributed by atoms with Crippen molar-refractivity contribution in [1.29, 1.82) is 0 Å². The first kappa shape index (κ1) is 18.4. The van der Waals surface area contributed by atoms with Gasteiger partial charge in [0.1, 0.15) is 5.69 Å². The van der Waals surface area contributed by atoms with Crippen molar-refractivity contribution in [2.24, 2.45) is 0 Å². The summed E-state index contributed by atoms with van der Waals surface area (Å²) in [4.78, 5) is 15.1. The second kappa shape index (κ2) is 7.60. The first-order chi connectivity index (χ1) is 13.6. The van der Waals surface area contributed by atoms with Crippen molar-refractivity contribution in [2.75, 3.05) is 13.1 Å². The molecule has 1 saturated heterocycles. The second-order valence-corrected chi connectivity index (χ2v) is 7.62. The molecular formula is C23H25N3O2. The summed E-state index contributed by atoms with van der Waals surface area (Å²) in [6.45, 7) is 2.96. The van der Waals surface area contributed by atoms with E-state index in [0.29, 0.717) is 43.6 Å². The van der Waals surface area contributed by atoms with E-state index in [2.05, 4.69) is 10.2 Å². The maximum Gasteiger partial charge on any atom is 0.257 e. The van der Waals surface area contributed by atoms with Crippen LogP contribution in [0.1, 0.15) is 34.5 Å². The Morgan fingerprint density at radius 1 is 1.07 bits per heavy atom. The lowest BCUT2D eigenvalue weighted by molar-refractivity contribution is -0.0162. The highest BCUT2D eigenvalue weighted by atomic mass is 16.3. The summed E-state index contributed by atoms with van der Waals surface area (Å²) in [5.41, 5.74) is 3.38. The number of hydrogen-bond donors (Lipinski definition) is 2. The number of nitrogens with zero attached hydrogens (tertiary/aromatic N) is 2. The molecule has 1 aromatic heterocycles. The number of aliphatic hydroxyl groups is 1. The minimum Gasteiger partial charge on any atom is -0.389 e. The smallest absolute Gasteiger partial charge is 0.257 e. The Bertz CT molecular complexity index is 942. The van der Waals surface area contributed by atoms with E-state index in [4.69, 9.17) is 0 Å². The lowest BCUT2D eigenvalue weighted by Gasteiger charge is -2.38. The molecule has 1 amide bonds. The number of aromatic amines is 1. The van der Waals surface area contributed by atoms with Gasteiger partial charge in [-0.2, -0.15) is 5.10 Å². The molecule has 0 atom stereocenters. The summed E-state index contributed by atoms with van der Waals surface area (Å²) < 4.78 is 0. The molecule has 0 bridgehead atoms. The molecule has 5 nitrogen and oxygen atoms in total. The number of amides is 1. The van der Waals surface area contributed by atoms with E-state index >= 15 is 0 Å². The van der Waals surface area contributed by atoms with Crippen molar-refractivity contribution >= 4 is 5.91 Å². The topological polar surface area (TPSA) is 69.2 Å². The van der Waals surface area contributed by atoms with Gasteiger partial charge in [0.15, 0.2) is 0 Å². The number of carbonyl (C=O) groups is 1. The molecule has 2 N–H and O–H groups in total. The minimum absolute atomic E-state index is 0.0214. The van der Waals surface area contributed by atoms with E-state index in [9.17, 15) is 9.90 Å². The van der Waals surface area contributed by atoms with Crippen molar-refractivity contribution in [3.05, 3.63) is 77.5 Å². The maximum atomic E-state index is 13.2. The number of rotatable bonds is 4. The van der Waals surface area contributed by atoms with Crippen molar-refractivity contribution in [3.8, 4) is 11.3 Å². The fourth-order valence-corrected chi connectivity index (χ4v) is 3.93.